The Bertz CT molecular complexity index is 1410. The van der Waals surface area contributed by atoms with Gasteiger partial charge in [-0.2, -0.15) is 0 Å². The molecule has 168 valence electrons. The number of carbonyl (C=O) groups is 1. The molecule has 4 aromatic rings. The van der Waals surface area contributed by atoms with Crippen molar-refractivity contribution in [2.75, 3.05) is 11.1 Å². The summed E-state index contributed by atoms with van der Waals surface area (Å²) in [5.41, 5.74) is 4.47. The molecule has 2 aromatic carbocycles. The number of aryl methyl sites for hydroxylation is 2. The third kappa shape index (κ3) is 5.05. The SMILES string of the molecule is C=CCn1c(SCC(=O)Nc2ccc(Cl)cc2C)nc2scc(-c3ccc(C)cc3)c2c1=O. The van der Waals surface area contributed by atoms with Gasteiger partial charge in [0.05, 0.1) is 11.1 Å². The van der Waals surface area contributed by atoms with Gasteiger partial charge in [-0.25, -0.2) is 4.98 Å². The molecular weight excluding hydrogens is 474 g/mol. The Labute approximate surface area is 205 Å². The van der Waals surface area contributed by atoms with E-state index in [-0.39, 0.29) is 17.2 Å². The van der Waals surface area contributed by atoms with Crippen LogP contribution in [0.2, 0.25) is 5.02 Å². The third-order valence-corrected chi connectivity index (χ3v) is 7.21. The van der Waals surface area contributed by atoms with Gasteiger partial charge in [0.15, 0.2) is 5.16 Å². The van der Waals surface area contributed by atoms with Gasteiger partial charge in [-0.05, 0) is 43.2 Å². The second kappa shape index (κ2) is 9.95. The first-order valence-electron chi connectivity index (χ1n) is 10.3. The van der Waals surface area contributed by atoms with Crippen molar-refractivity contribution in [3.05, 3.63) is 87.0 Å². The average Bonchev–Trinajstić information content (AvgIpc) is 3.21. The van der Waals surface area contributed by atoms with Crippen LogP contribution in [0.4, 0.5) is 5.69 Å². The Balaban J connectivity index is 1.63. The minimum Gasteiger partial charge on any atom is -0.325 e. The maximum Gasteiger partial charge on any atom is 0.263 e. The quantitative estimate of drug-likeness (QED) is 0.185. The monoisotopic (exact) mass is 495 g/mol. The Morgan fingerprint density at radius 2 is 2.00 bits per heavy atom. The summed E-state index contributed by atoms with van der Waals surface area (Å²) in [5, 5.41) is 6.56. The van der Waals surface area contributed by atoms with Gasteiger partial charge < -0.3 is 5.32 Å². The standard InChI is InChI=1S/C25H22ClN3O2S2/c1-4-11-29-24(31)22-19(17-7-5-15(2)6-8-17)13-32-23(22)28-25(29)33-14-21(30)27-20-10-9-18(26)12-16(20)3/h4-10,12-13H,1,11,14H2,2-3H3,(H,27,30). The van der Waals surface area contributed by atoms with Crippen LogP contribution in [-0.2, 0) is 11.3 Å². The summed E-state index contributed by atoms with van der Waals surface area (Å²) >= 11 is 8.65. The minimum atomic E-state index is -0.184. The molecule has 0 fully saturated rings. The molecule has 0 saturated heterocycles. The number of fused-ring (bicyclic) bond motifs is 1. The highest BCUT2D eigenvalue weighted by Gasteiger charge is 2.18. The smallest absolute Gasteiger partial charge is 0.263 e. The molecule has 0 atom stereocenters. The predicted molar refractivity (Wildman–Crippen MR) is 140 cm³/mol. The summed E-state index contributed by atoms with van der Waals surface area (Å²) in [6.07, 6.45) is 1.66. The molecule has 0 aliphatic heterocycles. The number of anilines is 1. The Morgan fingerprint density at radius 1 is 1.24 bits per heavy atom. The first-order valence-corrected chi connectivity index (χ1v) is 12.5. The molecule has 0 aliphatic rings. The number of nitrogens with zero attached hydrogens (tertiary/aromatic N) is 2. The number of aromatic nitrogens is 2. The molecule has 0 aliphatic carbocycles. The van der Waals surface area contributed by atoms with E-state index >= 15 is 0 Å². The molecule has 4 rings (SSSR count). The van der Waals surface area contributed by atoms with Gasteiger partial charge in [0.2, 0.25) is 5.91 Å². The number of thioether (sulfide) groups is 1. The molecule has 33 heavy (non-hydrogen) atoms. The fourth-order valence-corrected chi connectivity index (χ4v) is 5.46. The lowest BCUT2D eigenvalue weighted by molar-refractivity contribution is -0.113. The normalized spacial score (nSPS) is 11.0. The number of hydrogen-bond acceptors (Lipinski definition) is 5. The van der Waals surface area contributed by atoms with Crippen molar-refractivity contribution < 1.29 is 4.79 Å². The average molecular weight is 496 g/mol. The van der Waals surface area contributed by atoms with Gasteiger partial charge in [0.25, 0.3) is 5.56 Å². The highest BCUT2D eigenvalue weighted by atomic mass is 35.5. The maximum atomic E-state index is 13.4. The predicted octanol–water partition coefficient (Wildman–Crippen LogP) is 6.31. The van der Waals surface area contributed by atoms with Crippen LogP contribution in [0.5, 0.6) is 0 Å². The van der Waals surface area contributed by atoms with Crippen molar-refractivity contribution in [1.29, 1.82) is 0 Å². The summed E-state index contributed by atoms with van der Waals surface area (Å²) in [5.74, 6) is -0.0654. The van der Waals surface area contributed by atoms with E-state index in [1.807, 2.05) is 43.5 Å². The van der Waals surface area contributed by atoms with Crippen LogP contribution in [0.25, 0.3) is 21.3 Å². The van der Waals surface area contributed by atoms with Gasteiger partial charge >= 0.3 is 0 Å². The highest BCUT2D eigenvalue weighted by molar-refractivity contribution is 7.99. The van der Waals surface area contributed by atoms with Crippen molar-refractivity contribution in [2.24, 2.45) is 0 Å². The van der Waals surface area contributed by atoms with E-state index < -0.39 is 0 Å². The van der Waals surface area contributed by atoms with Crippen LogP contribution in [0.1, 0.15) is 11.1 Å². The summed E-state index contributed by atoms with van der Waals surface area (Å²) in [4.78, 5) is 31.4. The Morgan fingerprint density at radius 3 is 2.70 bits per heavy atom. The topological polar surface area (TPSA) is 64.0 Å². The van der Waals surface area contributed by atoms with Crippen molar-refractivity contribution in [3.63, 3.8) is 0 Å². The van der Waals surface area contributed by atoms with Gasteiger partial charge in [-0.15, -0.1) is 17.9 Å². The fourth-order valence-electron chi connectivity index (χ4n) is 3.44. The Kier molecular flexibility index (Phi) is 7.02. The van der Waals surface area contributed by atoms with Crippen molar-refractivity contribution in [1.82, 2.24) is 9.55 Å². The van der Waals surface area contributed by atoms with Gasteiger partial charge in [-0.3, -0.25) is 14.2 Å². The lowest BCUT2D eigenvalue weighted by atomic mass is 10.1. The number of allylic oxidation sites excluding steroid dienone is 1. The van der Waals surface area contributed by atoms with Gasteiger partial charge in [0, 0.05) is 28.2 Å². The first kappa shape index (κ1) is 23.3. The lowest BCUT2D eigenvalue weighted by Crippen LogP contribution is -2.23. The van der Waals surface area contributed by atoms with Crippen LogP contribution >= 0.6 is 34.7 Å². The molecule has 2 heterocycles. The minimum absolute atomic E-state index is 0.118. The van der Waals surface area contributed by atoms with Crippen LogP contribution < -0.4 is 10.9 Å². The molecular formula is C25H22ClN3O2S2. The largest absolute Gasteiger partial charge is 0.325 e. The summed E-state index contributed by atoms with van der Waals surface area (Å²) in [6.45, 7) is 8.00. The van der Waals surface area contributed by atoms with Crippen molar-refractivity contribution in [2.45, 2.75) is 25.5 Å². The van der Waals surface area contributed by atoms with E-state index in [1.54, 1.807) is 28.8 Å². The number of thiophene rings is 1. The number of halogens is 1. The van der Waals surface area contributed by atoms with Crippen LogP contribution in [-0.4, -0.2) is 21.2 Å². The first-order chi connectivity index (χ1) is 15.9. The van der Waals surface area contributed by atoms with Gasteiger partial charge in [0.1, 0.15) is 4.83 Å². The second-order valence-electron chi connectivity index (χ2n) is 7.59. The molecule has 1 amide bonds. The van der Waals surface area contributed by atoms with E-state index in [4.69, 9.17) is 16.6 Å². The van der Waals surface area contributed by atoms with E-state index in [0.29, 0.717) is 32.6 Å². The molecule has 8 heteroatoms. The molecule has 1 N–H and O–H groups in total. The molecule has 0 saturated carbocycles. The van der Waals surface area contributed by atoms with E-state index in [1.165, 1.54) is 23.1 Å². The molecule has 0 bridgehead atoms. The zero-order chi connectivity index (χ0) is 23.5. The van der Waals surface area contributed by atoms with Crippen molar-refractivity contribution in [3.8, 4) is 11.1 Å². The number of amides is 1. The fraction of sp³-hybridized carbons (Fsp3) is 0.160. The summed E-state index contributed by atoms with van der Waals surface area (Å²) < 4.78 is 1.57. The number of rotatable bonds is 7. The van der Waals surface area contributed by atoms with E-state index in [0.717, 1.165) is 22.3 Å². The zero-order valence-electron chi connectivity index (χ0n) is 18.2. The maximum absolute atomic E-state index is 13.4. The molecule has 0 spiro atoms. The summed E-state index contributed by atoms with van der Waals surface area (Å²) in [6, 6.07) is 13.4. The second-order valence-corrected chi connectivity index (χ2v) is 9.83. The molecule has 0 radical (unpaired) electrons. The number of benzene rings is 2. The number of nitrogens with one attached hydrogen (secondary N) is 1. The van der Waals surface area contributed by atoms with Crippen LogP contribution in [0.3, 0.4) is 0 Å². The number of carbonyl (C=O) groups excluding carboxylic acids is 1. The third-order valence-electron chi connectivity index (χ3n) is 5.13. The zero-order valence-corrected chi connectivity index (χ0v) is 20.6. The molecule has 0 unspecified atom stereocenters. The van der Waals surface area contributed by atoms with E-state index in [2.05, 4.69) is 11.9 Å². The van der Waals surface area contributed by atoms with E-state index in [9.17, 15) is 9.59 Å². The Hall–Kier alpha value is -2.87. The van der Waals surface area contributed by atoms with Crippen LogP contribution in [0, 0.1) is 13.8 Å². The summed E-state index contributed by atoms with van der Waals surface area (Å²) in [7, 11) is 0. The van der Waals surface area contributed by atoms with Crippen LogP contribution in [0.15, 0.2) is 70.5 Å². The molecule has 2 aromatic heterocycles. The van der Waals surface area contributed by atoms with Gasteiger partial charge in [-0.1, -0.05) is 59.3 Å². The number of hydrogen-bond donors (Lipinski definition) is 1. The lowest BCUT2D eigenvalue weighted by Gasteiger charge is -2.12. The van der Waals surface area contributed by atoms with Crippen molar-refractivity contribution >= 4 is 56.5 Å². The molecule has 5 nitrogen and oxygen atoms in total. The highest BCUT2D eigenvalue weighted by Crippen LogP contribution is 2.32.